The predicted molar refractivity (Wildman–Crippen MR) is 63.6 cm³/mol. The zero-order chi connectivity index (χ0) is 13.5. The molecular weight excluding hydrogens is 248 g/mol. The van der Waals surface area contributed by atoms with E-state index >= 15 is 0 Å². The maximum Gasteiger partial charge on any atom is 0.402 e. The average Bonchev–Trinajstić information content (AvgIpc) is 2.15. The van der Waals surface area contributed by atoms with Gasteiger partial charge in [-0.3, -0.25) is 9.80 Å². The summed E-state index contributed by atoms with van der Waals surface area (Å²) in [6, 6.07) is 0. The second-order valence-corrected chi connectivity index (χ2v) is 5.12. The highest BCUT2D eigenvalue weighted by atomic mass is 32.3. The van der Waals surface area contributed by atoms with Crippen molar-refractivity contribution in [2.24, 2.45) is 0 Å². The Morgan fingerprint density at radius 3 is 2.00 bits per heavy atom. The smallest absolute Gasteiger partial charge is 0.351 e. The SMILES string of the molecule is CCOS(=O)(=O)OCOCC(N(C)C)N(C)C. The molecule has 0 radical (unpaired) electrons. The average molecular weight is 270 g/mol. The van der Waals surface area contributed by atoms with Gasteiger partial charge in [0.05, 0.1) is 19.4 Å². The maximum atomic E-state index is 11.0. The molecular formula is C9H22N2O5S. The Labute approximate surface area is 104 Å². The molecule has 0 fully saturated rings. The normalized spacial score (nSPS) is 12.9. The number of likely N-dealkylation sites (N-methyl/N-ethyl adjacent to an activating group) is 2. The van der Waals surface area contributed by atoms with Crippen LogP contribution in [0.25, 0.3) is 0 Å². The first-order valence-corrected chi connectivity index (χ1v) is 6.58. The van der Waals surface area contributed by atoms with Crippen LogP contribution in [0.4, 0.5) is 0 Å². The second-order valence-electron chi connectivity index (χ2n) is 3.83. The minimum absolute atomic E-state index is 0.0420. The number of nitrogens with zero attached hydrogens (tertiary/aromatic N) is 2. The van der Waals surface area contributed by atoms with E-state index in [0.29, 0.717) is 6.61 Å². The van der Waals surface area contributed by atoms with E-state index < -0.39 is 10.4 Å². The molecule has 0 saturated carbocycles. The standard InChI is InChI=1S/C9H22N2O5S/c1-6-15-17(12,13)16-8-14-7-9(10(2)3)11(4)5/h9H,6-8H2,1-5H3. The van der Waals surface area contributed by atoms with Crippen LogP contribution in [-0.2, 0) is 23.5 Å². The molecule has 8 heteroatoms. The highest BCUT2D eigenvalue weighted by molar-refractivity contribution is 7.81. The lowest BCUT2D eigenvalue weighted by Gasteiger charge is -2.29. The van der Waals surface area contributed by atoms with Gasteiger partial charge in [0.2, 0.25) is 0 Å². The molecule has 0 N–H and O–H groups in total. The largest absolute Gasteiger partial charge is 0.402 e. The third-order valence-electron chi connectivity index (χ3n) is 2.00. The Kier molecular flexibility index (Phi) is 7.84. The summed E-state index contributed by atoms with van der Waals surface area (Å²) in [5, 5.41) is 0. The Morgan fingerprint density at radius 2 is 1.59 bits per heavy atom. The van der Waals surface area contributed by atoms with Gasteiger partial charge in [0.15, 0.2) is 6.79 Å². The number of hydrogen-bond donors (Lipinski definition) is 0. The number of ether oxygens (including phenoxy) is 1. The molecule has 0 amide bonds. The fourth-order valence-corrected chi connectivity index (χ4v) is 1.73. The van der Waals surface area contributed by atoms with Crippen molar-refractivity contribution >= 4 is 10.4 Å². The van der Waals surface area contributed by atoms with Crippen LogP contribution in [0.2, 0.25) is 0 Å². The summed E-state index contributed by atoms with van der Waals surface area (Å²) in [7, 11) is 3.71. The lowest BCUT2D eigenvalue weighted by atomic mass is 10.4. The van der Waals surface area contributed by atoms with E-state index in [9.17, 15) is 8.42 Å². The van der Waals surface area contributed by atoms with Crippen molar-refractivity contribution < 1.29 is 21.5 Å². The van der Waals surface area contributed by atoms with Gasteiger partial charge in [-0.15, -0.1) is 0 Å². The van der Waals surface area contributed by atoms with Gasteiger partial charge in [0.25, 0.3) is 0 Å². The summed E-state index contributed by atoms with van der Waals surface area (Å²) >= 11 is 0. The van der Waals surface area contributed by atoms with Crippen molar-refractivity contribution in [2.75, 3.05) is 48.2 Å². The quantitative estimate of drug-likeness (QED) is 0.421. The highest BCUT2D eigenvalue weighted by Gasteiger charge is 2.15. The molecule has 7 nitrogen and oxygen atoms in total. The highest BCUT2D eigenvalue weighted by Crippen LogP contribution is 2.00. The Morgan fingerprint density at radius 1 is 1.06 bits per heavy atom. The van der Waals surface area contributed by atoms with Crippen molar-refractivity contribution in [3.63, 3.8) is 0 Å². The zero-order valence-electron chi connectivity index (χ0n) is 11.0. The Balaban J connectivity index is 3.91. The van der Waals surface area contributed by atoms with Crippen LogP contribution in [0.15, 0.2) is 0 Å². The fourth-order valence-electron chi connectivity index (χ4n) is 1.18. The summed E-state index contributed by atoms with van der Waals surface area (Å²) in [4.78, 5) is 3.91. The monoisotopic (exact) mass is 270 g/mol. The van der Waals surface area contributed by atoms with E-state index in [4.69, 9.17) is 4.74 Å². The molecule has 104 valence electrons. The molecule has 0 aliphatic rings. The van der Waals surface area contributed by atoms with Crippen molar-refractivity contribution in [1.82, 2.24) is 9.80 Å². The van der Waals surface area contributed by atoms with Crippen LogP contribution < -0.4 is 0 Å². The molecule has 0 heterocycles. The second kappa shape index (κ2) is 7.96. The van der Waals surface area contributed by atoms with E-state index in [2.05, 4.69) is 8.37 Å². The first-order chi connectivity index (χ1) is 7.80. The summed E-state index contributed by atoms with van der Waals surface area (Å²) in [5.41, 5.74) is 0. The maximum absolute atomic E-state index is 11.0. The molecule has 0 rings (SSSR count). The van der Waals surface area contributed by atoms with Gasteiger partial charge in [-0.05, 0) is 35.1 Å². The van der Waals surface area contributed by atoms with Crippen LogP contribution in [0.3, 0.4) is 0 Å². The van der Waals surface area contributed by atoms with Crippen molar-refractivity contribution in [2.45, 2.75) is 13.1 Å². The number of hydrogen-bond acceptors (Lipinski definition) is 7. The molecule has 0 aromatic rings. The van der Waals surface area contributed by atoms with Crippen molar-refractivity contribution in [1.29, 1.82) is 0 Å². The van der Waals surface area contributed by atoms with E-state index in [-0.39, 0.29) is 19.6 Å². The molecule has 0 saturated heterocycles. The van der Waals surface area contributed by atoms with E-state index in [1.807, 2.05) is 38.0 Å². The first-order valence-electron chi connectivity index (χ1n) is 5.24. The molecule has 17 heavy (non-hydrogen) atoms. The van der Waals surface area contributed by atoms with Crippen molar-refractivity contribution in [3.05, 3.63) is 0 Å². The molecule has 0 spiro atoms. The van der Waals surface area contributed by atoms with Crippen LogP contribution >= 0.6 is 0 Å². The minimum Gasteiger partial charge on any atom is -0.351 e. The minimum atomic E-state index is -3.92. The van der Waals surface area contributed by atoms with Crippen LogP contribution in [-0.4, -0.2) is 72.6 Å². The Bertz CT molecular complexity index is 284. The van der Waals surface area contributed by atoms with Gasteiger partial charge < -0.3 is 4.74 Å². The predicted octanol–water partition coefficient (Wildman–Crippen LogP) is -0.292. The summed E-state index contributed by atoms with van der Waals surface area (Å²) in [6.07, 6.45) is 0.0494. The zero-order valence-corrected chi connectivity index (χ0v) is 11.9. The van der Waals surface area contributed by atoms with Gasteiger partial charge in [0, 0.05) is 0 Å². The molecule has 0 aliphatic heterocycles. The molecule has 0 aromatic heterocycles. The van der Waals surface area contributed by atoms with Crippen LogP contribution in [0.1, 0.15) is 6.92 Å². The van der Waals surface area contributed by atoms with Crippen LogP contribution in [0, 0.1) is 0 Å². The summed E-state index contributed by atoms with van der Waals surface area (Å²) in [6.45, 7) is 1.60. The topological polar surface area (TPSA) is 68.3 Å². The third-order valence-corrected chi connectivity index (χ3v) is 2.91. The van der Waals surface area contributed by atoms with E-state index in [1.165, 1.54) is 0 Å². The van der Waals surface area contributed by atoms with Crippen molar-refractivity contribution in [3.8, 4) is 0 Å². The summed E-state index contributed by atoms with van der Waals surface area (Å²) < 4.78 is 36.0. The fraction of sp³-hybridized carbons (Fsp3) is 1.00. The lowest BCUT2D eigenvalue weighted by molar-refractivity contribution is -0.0409. The van der Waals surface area contributed by atoms with E-state index in [1.54, 1.807) is 6.92 Å². The summed E-state index contributed by atoms with van der Waals surface area (Å²) in [5.74, 6) is 0. The van der Waals surface area contributed by atoms with Crippen LogP contribution in [0.5, 0.6) is 0 Å². The van der Waals surface area contributed by atoms with Gasteiger partial charge in [0.1, 0.15) is 0 Å². The van der Waals surface area contributed by atoms with Gasteiger partial charge in [-0.2, -0.15) is 8.42 Å². The molecule has 0 aromatic carbocycles. The number of rotatable bonds is 9. The third kappa shape index (κ3) is 7.63. The molecule has 0 bridgehead atoms. The van der Waals surface area contributed by atoms with Gasteiger partial charge in [-0.1, -0.05) is 0 Å². The van der Waals surface area contributed by atoms with Gasteiger partial charge >= 0.3 is 10.4 Å². The lowest BCUT2D eigenvalue weighted by Crippen LogP contribution is -2.44. The molecule has 0 aliphatic carbocycles. The van der Waals surface area contributed by atoms with Gasteiger partial charge in [-0.25, -0.2) is 8.37 Å². The first kappa shape index (κ1) is 16.8. The Hall–Kier alpha value is -0.250. The molecule has 0 unspecified atom stereocenters. The van der Waals surface area contributed by atoms with E-state index in [0.717, 1.165) is 0 Å². The molecule has 0 atom stereocenters.